The summed E-state index contributed by atoms with van der Waals surface area (Å²) in [4.78, 5) is 11.1. The van der Waals surface area contributed by atoms with Crippen LogP contribution in [0.1, 0.15) is 38.3 Å². The van der Waals surface area contributed by atoms with Crippen molar-refractivity contribution in [3.8, 4) is 22.9 Å². The van der Waals surface area contributed by atoms with Gasteiger partial charge in [0.2, 0.25) is 5.95 Å². The number of rotatable bonds is 4. The van der Waals surface area contributed by atoms with E-state index in [0.29, 0.717) is 5.56 Å². The van der Waals surface area contributed by atoms with Crippen molar-refractivity contribution in [3.63, 3.8) is 0 Å². The minimum absolute atomic E-state index is 0.678. The fourth-order valence-corrected chi connectivity index (χ4v) is 3.78. The van der Waals surface area contributed by atoms with Crippen LogP contribution >= 0.6 is 0 Å². The number of hydrogen-bond acceptors (Lipinski definition) is 5. The van der Waals surface area contributed by atoms with E-state index in [1.165, 1.54) is 25.1 Å². The van der Waals surface area contributed by atoms with Crippen molar-refractivity contribution >= 4 is 5.95 Å². The normalized spacial score (nSPS) is 17.7. The average molecular weight is 429 g/mol. The summed E-state index contributed by atoms with van der Waals surface area (Å²) in [6.45, 7) is 8.48. The average Bonchev–Trinajstić information content (AvgIpc) is 3.50. The zero-order valence-electron chi connectivity index (χ0n) is 19.5. The summed E-state index contributed by atoms with van der Waals surface area (Å²) in [5.41, 5.74) is 4.11. The predicted octanol–water partition coefficient (Wildman–Crippen LogP) is 5.76. The number of nitrogens with zero attached hydrogens (tertiary/aromatic N) is 4. The van der Waals surface area contributed by atoms with Crippen molar-refractivity contribution < 1.29 is 4.74 Å². The van der Waals surface area contributed by atoms with Crippen LogP contribution in [-0.4, -0.2) is 30.2 Å². The molecule has 2 unspecified atom stereocenters. The van der Waals surface area contributed by atoms with E-state index >= 15 is 0 Å². The monoisotopic (exact) mass is 428 g/mol. The topological polar surface area (TPSA) is 62.0 Å². The predicted molar refractivity (Wildman–Crippen MR) is 130 cm³/mol. The fraction of sp³-hybridized carbons (Fsp3) is 0.370. The van der Waals surface area contributed by atoms with Gasteiger partial charge < -0.3 is 9.64 Å². The molecule has 5 heteroatoms. The molecule has 1 aliphatic heterocycles. The number of benzene rings is 2. The van der Waals surface area contributed by atoms with Gasteiger partial charge in [0.25, 0.3) is 0 Å². The Hall–Kier alpha value is -3.39. The van der Waals surface area contributed by atoms with Gasteiger partial charge in [-0.1, -0.05) is 45.0 Å². The van der Waals surface area contributed by atoms with Gasteiger partial charge in [-0.25, -0.2) is 9.97 Å². The first-order valence-corrected chi connectivity index (χ1v) is 11.4. The zero-order chi connectivity index (χ0) is 22.9. The second-order valence-corrected chi connectivity index (χ2v) is 7.82. The SMILES string of the molecule is CC.CCc1cnc(N2CC3CC3C2)nc1.COc1ccc(-c2ccc(C#N)cc2)cc1. The van der Waals surface area contributed by atoms with E-state index in [-0.39, 0.29) is 0 Å². The van der Waals surface area contributed by atoms with Gasteiger partial charge in [0.05, 0.1) is 18.7 Å². The quantitative estimate of drug-likeness (QED) is 0.529. The van der Waals surface area contributed by atoms with E-state index in [4.69, 9.17) is 10.00 Å². The number of piperidine rings is 1. The number of aryl methyl sites for hydroxylation is 1. The minimum Gasteiger partial charge on any atom is -0.497 e. The van der Waals surface area contributed by atoms with Crippen LogP contribution in [0.15, 0.2) is 60.9 Å². The van der Waals surface area contributed by atoms with Gasteiger partial charge in [-0.3, -0.25) is 0 Å². The molecule has 1 saturated heterocycles. The smallest absolute Gasteiger partial charge is 0.225 e. The Kier molecular flexibility index (Phi) is 8.21. The largest absolute Gasteiger partial charge is 0.497 e. The van der Waals surface area contributed by atoms with Crippen molar-refractivity contribution in [1.29, 1.82) is 5.26 Å². The molecule has 1 saturated carbocycles. The van der Waals surface area contributed by atoms with Gasteiger partial charge in [-0.15, -0.1) is 0 Å². The molecule has 0 N–H and O–H groups in total. The highest BCUT2D eigenvalue weighted by Crippen LogP contribution is 2.45. The molecule has 2 atom stereocenters. The molecule has 1 aromatic heterocycles. The van der Waals surface area contributed by atoms with Crippen LogP contribution in [0.5, 0.6) is 5.75 Å². The molecular weight excluding hydrogens is 396 g/mol. The fourth-order valence-electron chi connectivity index (χ4n) is 3.78. The minimum atomic E-state index is 0.678. The van der Waals surface area contributed by atoms with Crippen LogP contribution < -0.4 is 9.64 Å². The maximum Gasteiger partial charge on any atom is 0.225 e. The highest BCUT2D eigenvalue weighted by atomic mass is 16.5. The first-order chi connectivity index (χ1) is 15.7. The number of ether oxygens (including phenoxy) is 1. The Balaban J connectivity index is 0.000000169. The third-order valence-corrected chi connectivity index (χ3v) is 5.80. The van der Waals surface area contributed by atoms with Crippen molar-refractivity contribution in [3.05, 3.63) is 72.1 Å². The molecule has 1 aliphatic carbocycles. The summed E-state index contributed by atoms with van der Waals surface area (Å²) < 4.78 is 5.10. The summed E-state index contributed by atoms with van der Waals surface area (Å²) in [5, 5.41) is 8.70. The van der Waals surface area contributed by atoms with Gasteiger partial charge >= 0.3 is 0 Å². The molecule has 0 bridgehead atoms. The zero-order valence-corrected chi connectivity index (χ0v) is 19.5. The summed E-state index contributed by atoms with van der Waals surface area (Å²) in [7, 11) is 1.65. The molecule has 0 radical (unpaired) electrons. The van der Waals surface area contributed by atoms with E-state index in [9.17, 15) is 0 Å². The lowest BCUT2D eigenvalue weighted by Crippen LogP contribution is -2.23. The highest BCUT2D eigenvalue weighted by Gasteiger charge is 2.45. The molecule has 0 spiro atoms. The first kappa shape index (κ1) is 23.3. The Labute approximate surface area is 191 Å². The number of methoxy groups -OCH3 is 1. The Morgan fingerprint density at radius 2 is 1.47 bits per heavy atom. The summed E-state index contributed by atoms with van der Waals surface area (Å²) >= 11 is 0. The van der Waals surface area contributed by atoms with Gasteiger partial charge in [-0.2, -0.15) is 5.26 Å². The lowest BCUT2D eigenvalue weighted by atomic mass is 10.0. The van der Waals surface area contributed by atoms with Gasteiger partial charge in [0.15, 0.2) is 0 Å². The number of aromatic nitrogens is 2. The van der Waals surface area contributed by atoms with Gasteiger partial charge in [-0.05, 0) is 65.6 Å². The van der Waals surface area contributed by atoms with Crippen LogP contribution in [0.4, 0.5) is 5.95 Å². The Bertz CT molecular complexity index is 998. The molecule has 2 fully saturated rings. The van der Waals surface area contributed by atoms with Gasteiger partial charge in [0.1, 0.15) is 5.75 Å². The summed E-state index contributed by atoms with van der Waals surface area (Å²) in [6.07, 6.45) is 6.35. The van der Waals surface area contributed by atoms with Gasteiger partial charge in [0, 0.05) is 25.5 Å². The molecule has 5 rings (SSSR count). The van der Waals surface area contributed by atoms with Crippen molar-refractivity contribution in [2.45, 2.75) is 33.6 Å². The lowest BCUT2D eigenvalue weighted by molar-refractivity contribution is 0.415. The Morgan fingerprint density at radius 1 is 0.938 bits per heavy atom. The molecule has 0 amide bonds. The highest BCUT2D eigenvalue weighted by molar-refractivity contribution is 5.64. The molecule has 3 aromatic rings. The lowest BCUT2D eigenvalue weighted by Gasteiger charge is -2.17. The number of fused-ring (bicyclic) bond motifs is 1. The standard InChI is InChI=1S/C14H11NO.C11H15N3.C2H6/c1-16-14-8-6-13(7-9-14)12-4-2-11(10-15)3-5-12;1-2-8-4-12-11(13-5-8)14-6-9-3-10(9)7-14;1-2/h2-9H,1H3;4-5,9-10H,2-3,6-7H2,1H3;1-2H3. The van der Waals surface area contributed by atoms with Crippen LogP contribution in [-0.2, 0) is 6.42 Å². The molecule has 32 heavy (non-hydrogen) atoms. The second kappa shape index (κ2) is 11.3. The molecule has 2 aromatic carbocycles. The maximum atomic E-state index is 8.70. The Morgan fingerprint density at radius 3 is 1.94 bits per heavy atom. The molecule has 166 valence electrons. The van der Waals surface area contributed by atoms with E-state index < -0.39 is 0 Å². The maximum absolute atomic E-state index is 8.70. The second-order valence-electron chi connectivity index (χ2n) is 7.82. The van der Waals surface area contributed by atoms with Crippen molar-refractivity contribution in [2.75, 3.05) is 25.1 Å². The third-order valence-electron chi connectivity index (χ3n) is 5.80. The van der Waals surface area contributed by atoms with Crippen LogP contribution in [0.25, 0.3) is 11.1 Å². The number of anilines is 1. The number of hydrogen-bond donors (Lipinski definition) is 0. The van der Waals surface area contributed by atoms with E-state index in [0.717, 1.165) is 41.1 Å². The van der Waals surface area contributed by atoms with E-state index in [1.807, 2.05) is 74.8 Å². The molecule has 5 nitrogen and oxygen atoms in total. The van der Waals surface area contributed by atoms with Crippen molar-refractivity contribution in [2.24, 2.45) is 11.8 Å². The van der Waals surface area contributed by atoms with Crippen LogP contribution in [0.2, 0.25) is 0 Å². The first-order valence-electron chi connectivity index (χ1n) is 11.4. The third kappa shape index (κ3) is 5.85. The molecule has 2 aliphatic rings. The van der Waals surface area contributed by atoms with Crippen LogP contribution in [0, 0.1) is 23.2 Å². The molecule has 2 heterocycles. The van der Waals surface area contributed by atoms with E-state index in [1.54, 1.807) is 7.11 Å². The summed E-state index contributed by atoms with van der Waals surface area (Å²) in [6, 6.07) is 17.5. The molecular formula is C27H32N4O. The van der Waals surface area contributed by atoms with E-state index in [2.05, 4.69) is 27.9 Å². The summed E-state index contributed by atoms with van der Waals surface area (Å²) in [5.74, 6) is 3.67. The number of nitriles is 1. The van der Waals surface area contributed by atoms with Crippen LogP contribution in [0.3, 0.4) is 0 Å². The van der Waals surface area contributed by atoms with Crippen molar-refractivity contribution in [1.82, 2.24) is 9.97 Å².